The summed E-state index contributed by atoms with van der Waals surface area (Å²) in [5.74, 6) is 1.28. The van der Waals surface area contributed by atoms with Crippen LogP contribution in [-0.4, -0.2) is 27.2 Å². The van der Waals surface area contributed by atoms with Crippen LogP contribution >= 0.6 is 22.6 Å². The predicted octanol–water partition coefficient (Wildman–Crippen LogP) is 2.89. The van der Waals surface area contributed by atoms with Gasteiger partial charge in [0.2, 0.25) is 0 Å². The molecule has 1 aromatic rings. The van der Waals surface area contributed by atoms with Gasteiger partial charge in [-0.05, 0) is 67.2 Å². The molecule has 4 atom stereocenters. The van der Waals surface area contributed by atoms with Gasteiger partial charge in [-0.15, -0.1) is 0 Å². The average molecular weight is 364 g/mol. The van der Waals surface area contributed by atoms with Gasteiger partial charge < -0.3 is 5.11 Å². The highest BCUT2D eigenvalue weighted by molar-refractivity contribution is 14.1. The zero-order valence-corrected chi connectivity index (χ0v) is 12.8. The Morgan fingerprint density at radius 2 is 2.17 bits per heavy atom. The van der Waals surface area contributed by atoms with Crippen LogP contribution in [0.15, 0.2) is 6.07 Å². The first-order chi connectivity index (χ1) is 8.45. The monoisotopic (exact) mass is 364 g/mol. The van der Waals surface area contributed by atoms with E-state index in [1.165, 1.54) is 5.69 Å². The number of hydrogen-bond donors (Lipinski definition) is 1. The molecule has 1 aromatic heterocycles. The molecule has 2 aliphatic carbocycles. The molecule has 2 aliphatic rings. The Morgan fingerprint density at radius 1 is 1.56 bits per heavy atom. The number of aliphatic hydroxyl groups excluding tert-OH is 1. The molecule has 3 nitrogen and oxygen atoms in total. The van der Waals surface area contributed by atoms with Crippen molar-refractivity contribution in [1.29, 1.82) is 0 Å². The Hall–Kier alpha value is -0.170. The Balaban J connectivity index is 1.81. The van der Waals surface area contributed by atoms with E-state index >= 15 is 0 Å². The lowest BCUT2D eigenvalue weighted by Crippen LogP contribution is -2.26. The molecule has 0 amide bonds. The molecule has 0 saturated heterocycles. The van der Waals surface area contributed by atoms with E-state index in [2.05, 4.69) is 52.3 Å². The minimum Gasteiger partial charge on any atom is -0.393 e. The van der Waals surface area contributed by atoms with Gasteiger partial charge in [-0.25, -0.2) is 4.39 Å². The quantitative estimate of drug-likeness (QED) is 0.838. The van der Waals surface area contributed by atoms with E-state index in [1.807, 2.05) is 0 Å². The number of halogens is 2. The van der Waals surface area contributed by atoms with Gasteiger partial charge in [0, 0.05) is 17.7 Å². The maximum atomic E-state index is 14.0. The summed E-state index contributed by atoms with van der Waals surface area (Å²) in [6.07, 6.45) is 1.03. The molecule has 0 aromatic carbocycles. The van der Waals surface area contributed by atoms with Crippen molar-refractivity contribution in [2.24, 2.45) is 11.8 Å². The molecule has 0 aliphatic heterocycles. The summed E-state index contributed by atoms with van der Waals surface area (Å²) in [6.45, 7) is 3.92. The van der Waals surface area contributed by atoms with Gasteiger partial charge in [-0.1, -0.05) is 0 Å². The molecule has 0 spiro atoms. The average Bonchev–Trinajstić information content (AvgIpc) is 2.69. The molecule has 18 heavy (non-hydrogen) atoms. The lowest BCUT2D eigenvalue weighted by atomic mass is 9.96. The number of alkyl halides is 1. The summed E-state index contributed by atoms with van der Waals surface area (Å²) in [6, 6.07) is 2.47. The molecule has 1 heterocycles. The standard InChI is InChI=1S/C13H18FIN2O/c1-7(2)17-10(3-11(15)16-17)12-8-4-13(14,6-18)5-9(8)12/h3,7-9,12,18H,4-6H2,1-2H3/t8-,9+,12?,13?. The van der Waals surface area contributed by atoms with Crippen molar-refractivity contribution < 1.29 is 9.50 Å². The first-order valence-corrected chi connectivity index (χ1v) is 7.58. The van der Waals surface area contributed by atoms with Gasteiger partial charge in [0.1, 0.15) is 9.37 Å². The van der Waals surface area contributed by atoms with Crippen LogP contribution in [-0.2, 0) is 0 Å². The van der Waals surface area contributed by atoms with Gasteiger partial charge >= 0.3 is 0 Å². The van der Waals surface area contributed by atoms with Crippen LogP contribution in [0.3, 0.4) is 0 Å². The second-order valence-electron chi connectivity index (χ2n) is 6.00. The normalized spacial score (nSPS) is 38.2. The summed E-state index contributed by atoms with van der Waals surface area (Å²) in [4.78, 5) is 0. The second-order valence-corrected chi connectivity index (χ2v) is 7.11. The van der Waals surface area contributed by atoms with Gasteiger partial charge in [0.25, 0.3) is 0 Å². The molecular formula is C13H18FIN2O. The zero-order valence-electron chi connectivity index (χ0n) is 10.6. The Labute approximate surface area is 120 Å². The van der Waals surface area contributed by atoms with E-state index in [0.717, 1.165) is 3.70 Å². The third kappa shape index (κ3) is 1.90. The van der Waals surface area contributed by atoms with E-state index in [4.69, 9.17) is 5.11 Å². The smallest absolute Gasteiger partial charge is 0.134 e. The highest BCUT2D eigenvalue weighted by Gasteiger charge is 2.63. The highest BCUT2D eigenvalue weighted by Crippen LogP contribution is 2.66. The van der Waals surface area contributed by atoms with Crippen molar-refractivity contribution in [3.05, 3.63) is 15.5 Å². The van der Waals surface area contributed by atoms with Crippen molar-refractivity contribution in [2.45, 2.75) is 44.3 Å². The van der Waals surface area contributed by atoms with Crippen molar-refractivity contribution in [3.63, 3.8) is 0 Å². The molecular weight excluding hydrogens is 346 g/mol. The van der Waals surface area contributed by atoms with Crippen LogP contribution < -0.4 is 0 Å². The fourth-order valence-corrected chi connectivity index (χ4v) is 4.09. The maximum Gasteiger partial charge on any atom is 0.134 e. The topological polar surface area (TPSA) is 38.0 Å². The fourth-order valence-electron chi connectivity index (χ4n) is 3.54. The number of hydrogen-bond acceptors (Lipinski definition) is 2. The Kier molecular flexibility index (Phi) is 2.97. The fraction of sp³-hybridized carbons (Fsp3) is 0.769. The summed E-state index contributed by atoms with van der Waals surface area (Å²) in [5, 5.41) is 13.6. The number of rotatable bonds is 3. The van der Waals surface area contributed by atoms with Crippen molar-refractivity contribution in [1.82, 2.24) is 9.78 Å². The van der Waals surface area contributed by atoms with Crippen LogP contribution in [0.5, 0.6) is 0 Å². The van der Waals surface area contributed by atoms with E-state index in [0.29, 0.717) is 36.6 Å². The SMILES string of the molecule is CC(C)n1nc(I)cc1C1[C@H]2CC(F)(CO)C[C@@H]12. The zero-order chi connectivity index (χ0) is 13.1. The van der Waals surface area contributed by atoms with E-state index in [-0.39, 0.29) is 6.61 Å². The third-order valence-corrected chi connectivity index (χ3v) is 4.91. The molecule has 3 rings (SSSR count). The molecule has 2 saturated carbocycles. The van der Waals surface area contributed by atoms with Crippen molar-refractivity contribution in [2.75, 3.05) is 6.61 Å². The van der Waals surface area contributed by atoms with E-state index in [1.54, 1.807) is 0 Å². The van der Waals surface area contributed by atoms with Gasteiger partial charge in [0.15, 0.2) is 0 Å². The molecule has 2 unspecified atom stereocenters. The number of aliphatic hydroxyl groups is 1. The van der Waals surface area contributed by atoms with Gasteiger partial charge in [0.05, 0.1) is 6.61 Å². The van der Waals surface area contributed by atoms with Crippen LogP contribution in [0, 0.1) is 15.5 Å². The van der Waals surface area contributed by atoms with Gasteiger partial charge in [-0.3, -0.25) is 4.68 Å². The predicted molar refractivity (Wildman–Crippen MR) is 75.2 cm³/mol. The maximum absolute atomic E-state index is 14.0. The second kappa shape index (κ2) is 4.16. The first-order valence-electron chi connectivity index (χ1n) is 6.50. The number of aromatic nitrogens is 2. The van der Waals surface area contributed by atoms with Crippen LogP contribution in [0.1, 0.15) is 44.3 Å². The first kappa shape index (κ1) is 12.8. The molecule has 0 radical (unpaired) electrons. The molecule has 100 valence electrons. The number of nitrogens with zero attached hydrogens (tertiary/aromatic N) is 2. The molecule has 0 bridgehead atoms. The lowest BCUT2D eigenvalue weighted by Gasteiger charge is -2.20. The summed E-state index contributed by atoms with van der Waals surface area (Å²) < 4.78 is 17.1. The van der Waals surface area contributed by atoms with Crippen molar-refractivity contribution in [3.8, 4) is 0 Å². The molecule has 5 heteroatoms. The third-order valence-electron chi connectivity index (χ3n) is 4.38. The summed E-state index contributed by atoms with van der Waals surface area (Å²) in [5.41, 5.74) is -0.0637. The highest BCUT2D eigenvalue weighted by atomic mass is 127. The van der Waals surface area contributed by atoms with Crippen LogP contribution in [0.25, 0.3) is 0 Å². The summed E-state index contributed by atoms with van der Waals surface area (Å²) >= 11 is 2.23. The number of fused-ring (bicyclic) bond motifs is 1. The minimum atomic E-state index is -1.32. The minimum absolute atomic E-state index is 0.326. The Bertz CT molecular complexity index is 462. The van der Waals surface area contributed by atoms with Gasteiger partial charge in [-0.2, -0.15) is 5.10 Å². The molecule has 1 N–H and O–H groups in total. The van der Waals surface area contributed by atoms with Crippen LogP contribution in [0.2, 0.25) is 0 Å². The van der Waals surface area contributed by atoms with Crippen molar-refractivity contribution >= 4 is 22.6 Å². The Morgan fingerprint density at radius 3 is 2.67 bits per heavy atom. The lowest BCUT2D eigenvalue weighted by molar-refractivity contribution is 0.0636. The van der Waals surface area contributed by atoms with E-state index in [9.17, 15) is 4.39 Å². The summed E-state index contributed by atoms with van der Waals surface area (Å²) in [7, 11) is 0. The largest absolute Gasteiger partial charge is 0.393 e. The molecule has 2 fully saturated rings. The van der Waals surface area contributed by atoms with Crippen LogP contribution in [0.4, 0.5) is 4.39 Å². The van der Waals surface area contributed by atoms with E-state index < -0.39 is 5.67 Å².